The van der Waals surface area contributed by atoms with Crippen molar-refractivity contribution in [3.05, 3.63) is 46.8 Å². The van der Waals surface area contributed by atoms with Crippen molar-refractivity contribution < 1.29 is 4.52 Å². The van der Waals surface area contributed by atoms with Crippen molar-refractivity contribution in [3.63, 3.8) is 0 Å². The second-order valence-electron chi connectivity index (χ2n) is 5.23. The zero-order chi connectivity index (χ0) is 13.2. The molecule has 1 aromatic carbocycles. The van der Waals surface area contributed by atoms with Gasteiger partial charge in [0.1, 0.15) is 5.76 Å². The Bertz CT molecular complexity index is 577. The summed E-state index contributed by atoms with van der Waals surface area (Å²) in [6, 6.07) is 8.54. The number of rotatable bonds is 4. The summed E-state index contributed by atoms with van der Waals surface area (Å²) in [4.78, 5) is 2.26. The summed E-state index contributed by atoms with van der Waals surface area (Å²) in [6.45, 7) is 4.70. The van der Waals surface area contributed by atoms with Gasteiger partial charge in [0.2, 0.25) is 0 Å². The van der Waals surface area contributed by atoms with E-state index in [0.717, 1.165) is 37.5 Å². The van der Waals surface area contributed by atoms with Crippen LogP contribution in [0.1, 0.15) is 22.6 Å². The van der Waals surface area contributed by atoms with Gasteiger partial charge in [-0.3, -0.25) is 4.90 Å². The predicted octanol–water partition coefficient (Wildman–Crippen LogP) is 2.58. The van der Waals surface area contributed by atoms with Crippen LogP contribution in [0, 0.1) is 6.92 Å². The number of anilines is 1. The van der Waals surface area contributed by atoms with Crippen molar-refractivity contribution in [2.24, 2.45) is 0 Å². The van der Waals surface area contributed by atoms with Crippen LogP contribution in [0.4, 0.5) is 5.69 Å². The Morgan fingerprint density at radius 3 is 3.05 bits per heavy atom. The number of hydrogen-bond acceptors (Lipinski definition) is 4. The number of nitrogens with one attached hydrogen (secondary N) is 1. The smallest absolute Gasteiger partial charge is 0.133 e. The first-order valence-corrected chi connectivity index (χ1v) is 6.68. The van der Waals surface area contributed by atoms with Gasteiger partial charge in [-0.25, -0.2) is 0 Å². The average molecular weight is 257 g/mol. The molecule has 0 atom stereocenters. The molecule has 1 aliphatic heterocycles. The molecule has 0 radical (unpaired) electrons. The fourth-order valence-electron chi connectivity index (χ4n) is 2.66. The molecule has 0 bridgehead atoms. The van der Waals surface area contributed by atoms with Crippen LogP contribution in [0.5, 0.6) is 0 Å². The van der Waals surface area contributed by atoms with E-state index in [-0.39, 0.29) is 0 Å². The molecule has 3 rings (SSSR count). The van der Waals surface area contributed by atoms with E-state index >= 15 is 0 Å². The first kappa shape index (κ1) is 12.2. The fourth-order valence-corrected chi connectivity index (χ4v) is 2.66. The Hall–Kier alpha value is -1.81. The van der Waals surface area contributed by atoms with Crippen molar-refractivity contribution in [2.75, 3.05) is 18.9 Å². The topological polar surface area (TPSA) is 41.3 Å². The lowest BCUT2D eigenvalue weighted by molar-refractivity contribution is 0.302. The van der Waals surface area contributed by atoms with Gasteiger partial charge in [-0.1, -0.05) is 23.4 Å². The molecule has 0 unspecified atom stereocenters. The summed E-state index contributed by atoms with van der Waals surface area (Å²) in [6.07, 6.45) is 1.13. The SMILES string of the molecule is Cc1cc(CN(C)Cc2cccc3c2NCC3)no1. The molecular formula is C15H19N3O. The lowest BCUT2D eigenvalue weighted by Gasteiger charge is -2.17. The van der Waals surface area contributed by atoms with Crippen molar-refractivity contribution in [2.45, 2.75) is 26.4 Å². The molecule has 0 fully saturated rings. The van der Waals surface area contributed by atoms with Crippen LogP contribution in [0.3, 0.4) is 0 Å². The summed E-state index contributed by atoms with van der Waals surface area (Å²) in [5.41, 5.74) is 5.10. The minimum atomic E-state index is 0.807. The van der Waals surface area contributed by atoms with E-state index in [4.69, 9.17) is 4.52 Å². The summed E-state index contributed by atoms with van der Waals surface area (Å²) in [7, 11) is 2.11. The third-order valence-corrected chi connectivity index (χ3v) is 3.48. The zero-order valence-corrected chi connectivity index (χ0v) is 11.4. The maximum atomic E-state index is 5.10. The Labute approximate surface area is 113 Å². The van der Waals surface area contributed by atoms with Crippen LogP contribution in [0.2, 0.25) is 0 Å². The third-order valence-electron chi connectivity index (χ3n) is 3.48. The average Bonchev–Trinajstić information content (AvgIpc) is 2.98. The number of aromatic nitrogens is 1. The Morgan fingerprint density at radius 2 is 2.26 bits per heavy atom. The van der Waals surface area contributed by atoms with Gasteiger partial charge in [0.05, 0.1) is 5.69 Å². The minimum Gasteiger partial charge on any atom is -0.384 e. The number of benzene rings is 1. The molecular weight excluding hydrogens is 238 g/mol. The van der Waals surface area contributed by atoms with Crippen LogP contribution in [-0.4, -0.2) is 23.6 Å². The van der Waals surface area contributed by atoms with Crippen LogP contribution in [-0.2, 0) is 19.5 Å². The second-order valence-corrected chi connectivity index (χ2v) is 5.23. The largest absolute Gasteiger partial charge is 0.384 e. The van der Waals surface area contributed by atoms with Gasteiger partial charge in [0, 0.05) is 31.4 Å². The molecule has 1 aliphatic rings. The minimum absolute atomic E-state index is 0.807. The molecule has 0 spiro atoms. The third kappa shape index (κ3) is 2.63. The zero-order valence-electron chi connectivity index (χ0n) is 11.4. The predicted molar refractivity (Wildman–Crippen MR) is 75.0 cm³/mol. The molecule has 0 saturated carbocycles. The van der Waals surface area contributed by atoms with Gasteiger partial charge >= 0.3 is 0 Å². The molecule has 100 valence electrons. The molecule has 1 aromatic heterocycles. The molecule has 4 heteroatoms. The van der Waals surface area contributed by atoms with E-state index in [2.05, 4.69) is 40.6 Å². The van der Waals surface area contributed by atoms with Gasteiger partial charge in [-0.15, -0.1) is 0 Å². The molecule has 19 heavy (non-hydrogen) atoms. The van der Waals surface area contributed by atoms with Gasteiger partial charge in [-0.2, -0.15) is 0 Å². The number of hydrogen-bond donors (Lipinski definition) is 1. The van der Waals surface area contributed by atoms with E-state index in [1.807, 2.05) is 13.0 Å². The monoisotopic (exact) mass is 257 g/mol. The number of para-hydroxylation sites is 1. The molecule has 1 N–H and O–H groups in total. The lowest BCUT2D eigenvalue weighted by atomic mass is 10.1. The van der Waals surface area contributed by atoms with Crippen molar-refractivity contribution >= 4 is 5.69 Å². The van der Waals surface area contributed by atoms with Crippen molar-refractivity contribution in [1.82, 2.24) is 10.1 Å². The Morgan fingerprint density at radius 1 is 1.37 bits per heavy atom. The number of fused-ring (bicyclic) bond motifs is 1. The van der Waals surface area contributed by atoms with E-state index in [0.29, 0.717) is 0 Å². The first-order chi connectivity index (χ1) is 9.22. The van der Waals surface area contributed by atoms with E-state index in [1.54, 1.807) is 0 Å². The van der Waals surface area contributed by atoms with E-state index in [9.17, 15) is 0 Å². The Balaban J connectivity index is 1.70. The molecule has 0 aliphatic carbocycles. The van der Waals surface area contributed by atoms with Crippen LogP contribution < -0.4 is 5.32 Å². The summed E-state index contributed by atoms with van der Waals surface area (Å²) in [5.74, 6) is 0.866. The molecule has 0 amide bonds. The number of aryl methyl sites for hydroxylation is 1. The van der Waals surface area contributed by atoms with E-state index < -0.39 is 0 Å². The summed E-state index contributed by atoms with van der Waals surface area (Å²) < 4.78 is 5.10. The summed E-state index contributed by atoms with van der Waals surface area (Å²) >= 11 is 0. The number of nitrogens with zero attached hydrogens (tertiary/aromatic N) is 2. The fraction of sp³-hybridized carbons (Fsp3) is 0.400. The van der Waals surface area contributed by atoms with Crippen molar-refractivity contribution in [3.8, 4) is 0 Å². The molecule has 2 heterocycles. The maximum absolute atomic E-state index is 5.10. The maximum Gasteiger partial charge on any atom is 0.133 e. The van der Waals surface area contributed by atoms with Crippen LogP contribution >= 0.6 is 0 Å². The van der Waals surface area contributed by atoms with Gasteiger partial charge in [0.15, 0.2) is 0 Å². The molecule has 2 aromatic rings. The standard InChI is InChI=1S/C15H19N3O/c1-11-8-14(17-19-11)10-18(2)9-13-5-3-4-12-6-7-16-15(12)13/h3-5,8,16H,6-7,9-10H2,1-2H3. The highest BCUT2D eigenvalue weighted by Crippen LogP contribution is 2.27. The van der Waals surface area contributed by atoms with Gasteiger partial charge in [-0.05, 0) is 31.5 Å². The highest BCUT2D eigenvalue weighted by atomic mass is 16.5. The van der Waals surface area contributed by atoms with Gasteiger partial charge in [0.25, 0.3) is 0 Å². The molecule has 0 saturated heterocycles. The first-order valence-electron chi connectivity index (χ1n) is 6.68. The Kier molecular flexibility index (Phi) is 3.25. The van der Waals surface area contributed by atoms with Crippen LogP contribution in [0.25, 0.3) is 0 Å². The second kappa shape index (κ2) is 5.05. The summed E-state index contributed by atoms with van der Waals surface area (Å²) in [5, 5.41) is 7.52. The lowest BCUT2D eigenvalue weighted by Crippen LogP contribution is -2.18. The highest BCUT2D eigenvalue weighted by molar-refractivity contribution is 5.61. The normalized spacial score (nSPS) is 13.6. The van der Waals surface area contributed by atoms with Crippen molar-refractivity contribution in [1.29, 1.82) is 0 Å². The van der Waals surface area contributed by atoms with Gasteiger partial charge < -0.3 is 9.84 Å². The van der Waals surface area contributed by atoms with Crippen LogP contribution in [0.15, 0.2) is 28.8 Å². The van der Waals surface area contributed by atoms with E-state index in [1.165, 1.54) is 16.8 Å². The molecule has 4 nitrogen and oxygen atoms in total. The quantitative estimate of drug-likeness (QED) is 0.914. The highest BCUT2D eigenvalue weighted by Gasteiger charge is 2.15.